The number of primary amides is 1. The normalized spacial score (nSPS) is 19.6. The smallest absolute Gasteiger partial charge is 0.352 e. The molecule has 3 atom stereocenters. The van der Waals surface area contributed by atoms with Gasteiger partial charge in [0.25, 0.3) is 11.8 Å². The van der Waals surface area contributed by atoms with Gasteiger partial charge in [0.2, 0.25) is 5.16 Å². The predicted octanol–water partition coefficient (Wildman–Crippen LogP) is -0.704. The Kier molecular flexibility index (Phi) is 8.30. The van der Waals surface area contributed by atoms with Crippen molar-refractivity contribution < 1.29 is 29.4 Å². The molecule has 37 heavy (non-hydrogen) atoms. The number of aromatic nitrogens is 4. The molecule has 6 N–H and O–H groups in total. The van der Waals surface area contributed by atoms with E-state index in [1.54, 1.807) is 30.3 Å². The summed E-state index contributed by atoms with van der Waals surface area (Å²) in [7, 11) is 0. The number of aliphatic hydroxyl groups is 1. The number of aryl methyl sites for hydroxylation is 1. The van der Waals surface area contributed by atoms with Gasteiger partial charge >= 0.3 is 12.0 Å². The van der Waals surface area contributed by atoms with Crippen LogP contribution in [-0.2, 0) is 20.9 Å². The highest BCUT2D eigenvalue weighted by Crippen LogP contribution is 2.41. The van der Waals surface area contributed by atoms with Crippen molar-refractivity contribution in [2.24, 2.45) is 5.73 Å². The van der Waals surface area contributed by atoms with E-state index in [0.29, 0.717) is 41.6 Å². The first-order valence-electron chi connectivity index (χ1n) is 11.1. The van der Waals surface area contributed by atoms with Gasteiger partial charge in [0.1, 0.15) is 17.1 Å². The first kappa shape index (κ1) is 26.4. The number of rotatable bonds is 11. The third kappa shape index (κ3) is 5.86. The van der Waals surface area contributed by atoms with Crippen molar-refractivity contribution in [3.8, 4) is 0 Å². The van der Waals surface area contributed by atoms with Gasteiger partial charge in [-0.15, -0.1) is 16.9 Å². The summed E-state index contributed by atoms with van der Waals surface area (Å²) in [6.45, 7) is 0.765. The maximum absolute atomic E-state index is 12.9. The molecular weight excluding hydrogens is 524 g/mol. The Labute approximate surface area is 219 Å². The number of aliphatic carboxylic acids is 1. The number of nitrogens with zero attached hydrogens (tertiary/aromatic N) is 5. The lowest BCUT2D eigenvalue weighted by Crippen LogP contribution is -2.70. The molecule has 1 unspecified atom stereocenters. The molecule has 16 heteroatoms. The minimum atomic E-state index is -1.45. The quantitative estimate of drug-likeness (QED) is 0.135. The average Bonchev–Trinajstić information content (AvgIpc) is 3.34. The molecule has 196 valence electrons. The lowest BCUT2D eigenvalue weighted by molar-refractivity contribution is -0.151. The minimum Gasteiger partial charge on any atom is -0.477 e. The number of hydrogen-bond donors (Lipinski definition) is 5. The van der Waals surface area contributed by atoms with Crippen LogP contribution >= 0.6 is 23.5 Å². The van der Waals surface area contributed by atoms with Crippen LogP contribution in [-0.4, -0.2) is 88.6 Å². The van der Waals surface area contributed by atoms with E-state index in [2.05, 4.69) is 26.2 Å². The van der Waals surface area contributed by atoms with Crippen LogP contribution in [0.3, 0.4) is 0 Å². The van der Waals surface area contributed by atoms with E-state index < -0.39 is 41.3 Å². The highest BCUT2D eigenvalue weighted by molar-refractivity contribution is 8.01. The number of nitrogens with one attached hydrogen (secondary N) is 2. The summed E-state index contributed by atoms with van der Waals surface area (Å²) in [4.78, 5) is 49.4. The first-order chi connectivity index (χ1) is 17.8. The largest absolute Gasteiger partial charge is 0.477 e. The molecule has 1 fully saturated rings. The number of carboxylic acids is 1. The third-order valence-electron chi connectivity index (χ3n) is 5.63. The molecule has 0 saturated carbocycles. The van der Waals surface area contributed by atoms with Crippen LogP contribution in [0.25, 0.3) is 0 Å². The van der Waals surface area contributed by atoms with Crippen LogP contribution in [0, 0.1) is 0 Å². The van der Waals surface area contributed by atoms with Gasteiger partial charge in [-0.2, -0.15) is 0 Å². The maximum Gasteiger partial charge on any atom is 0.352 e. The Morgan fingerprint density at radius 1 is 1.27 bits per heavy atom. The number of thioether (sulfide) groups is 2. The van der Waals surface area contributed by atoms with Crippen LogP contribution in [0.15, 0.2) is 46.8 Å². The molecule has 4 amide bonds. The summed E-state index contributed by atoms with van der Waals surface area (Å²) in [6.07, 6.45) is -0.910. The summed E-state index contributed by atoms with van der Waals surface area (Å²) in [5.41, 5.74) is 5.82. The second-order valence-electron chi connectivity index (χ2n) is 8.08. The van der Waals surface area contributed by atoms with Crippen LogP contribution in [0.4, 0.5) is 4.79 Å². The summed E-state index contributed by atoms with van der Waals surface area (Å²) in [5, 5.41) is 36.6. The molecule has 1 aromatic carbocycles. The molecule has 0 radical (unpaired) electrons. The Bertz CT molecular complexity index is 1220. The van der Waals surface area contributed by atoms with Crippen molar-refractivity contribution in [2.45, 2.75) is 35.6 Å². The van der Waals surface area contributed by atoms with Gasteiger partial charge in [-0.1, -0.05) is 42.1 Å². The minimum absolute atomic E-state index is 0.125. The molecule has 2 aliphatic heterocycles. The fourth-order valence-electron chi connectivity index (χ4n) is 3.85. The van der Waals surface area contributed by atoms with E-state index in [-0.39, 0.29) is 11.4 Å². The number of hydrogen-bond acceptors (Lipinski definition) is 10. The van der Waals surface area contributed by atoms with E-state index >= 15 is 0 Å². The monoisotopic (exact) mass is 548 g/mol. The lowest BCUT2D eigenvalue weighted by atomic mass is 10.0. The molecule has 3 heterocycles. The lowest BCUT2D eigenvalue weighted by Gasteiger charge is -2.49. The highest BCUT2D eigenvalue weighted by Gasteiger charge is 2.54. The Morgan fingerprint density at radius 3 is 2.73 bits per heavy atom. The van der Waals surface area contributed by atoms with E-state index in [0.717, 1.165) is 0 Å². The van der Waals surface area contributed by atoms with Crippen LogP contribution in [0.5, 0.6) is 0 Å². The molecule has 0 bridgehead atoms. The number of carbonyl (C=O) groups excluding carboxylic acids is 3. The van der Waals surface area contributed by atoms with Crippen LogP contribution < -0.4 is 16.4 Å². The van der Waals surface area contributed by atoms with Crippen molar-refractivity contribution in [1.82, 2.24) is 35.7 Å². The second kappa shape index (κ2) is 11.6. The summed E-state index contributed by atoms with van der Waals surface area (Å²) >= 11 is 2.56. The zero-order chi connectivity index (χ0) is 26.5. The molecule has 1 saturated heterocycles. The maximum atomic E-state index is 12.9. The number of nitrogens with two attached hydrogens (primary N) is 1. The zero-order valence-electron chi connectivity index (χ0n) is 19.3. The molecular formula is C21H24N8O6S2. The molecule has 0 spiro atoms. The number of fused-ring (bicyclic) bond motifs is 1. The predicted molar refractivity (Wildman–Crippen MR) is 132 cm³/mol. The van der Waals surface area contributed by atoms with Gasteiger partial charge in [0, 0.05) is 24.6 Å². The third-order valence-corrected chi connectivity index (χ3v) is 8.01. The number of benzene rings is 1. The number of β-lactam (4-membered cyclic amide) rings is 1. The topological polar surface area (TPSA) is 206 Å². The fraction of sp³-hybridized carbons (Fsp3) is 0.381. The molecule has 14 nitrogen and oxygen atoms in total. The van der Waals surface area contributed by atoms with Crippen molar-refractivity contribution in [3.63, 3.8) is 0 Å². The van der Waals surface area contributed by atoms with Gasteiger partial charge in [-0.25, -0.2) is 14.3 Å². The number of urea groups is 1. The van der Waals surface area contributed by atoms with Gasteiger partial charge in [0.05, 0.1) is 0 Å². The summed E-state index contributed by atoms with van der Waals surface area (Å²) in [6, 6.07) is 6.74. The molecule has 0 aliphatic carbocycles. The Balaban J connectivity index is 1.39. The van der Waals surface area contributed by atoms with Crippen molar-refractivity contribution >= 4 is 47.3 Å². The number of carboxylic acid groups (broad SMARTS) is 1. The number of tetrazole rings is 1. The fourth-order valence-corrected chi connectivity index (χ4v) is 6.23. The number of aliphatic hydroxyl groups excluding tert-OH is 1. The van der Waals surface area contributed by atoms with E-state index in [1.165, 1.54) is 33.1 Å². The van der Waals surface area contributed by atoms with E-state index in [4.69, 9.17) is 5.73 Å². The summed E-state index contributed by atoms with van der Waals surface area (Å²) < 4.78 is 1.53. The number of carbonyl (C=O) groups is 4. The standard InChI is InChI=1S/C21H24N8O6S2/c22-20(35)23-7-4-8-28-21(25-26-27-28)37-10-12-9-36-18-13(17(32)29(18)14(12)19(33)34)24-16(31)15(30)11-5-2-1-3-6-11/h1-3,5-6,13,15,18,30H,4,7-10H2,(H,24,31)(H,33,34)(H3,22,23,35)/t13?,15-,18-/m1/s1. The van der Waals surface area contributed by atoms with Crippen molar-refractivity contribution in [3.05, 3.63) is 47.2 Å². The van der Waals surface area contributed by atoms with Gasteiger partial charge in [-0.05, 0) is 28.0 Å². The van der Waals surface area contributed by atoms with Crippen LogP contribution in [0.1, 0.15) is 18.1 Å². The molecule has 2 aromatic rings. The van der Waals surface area contributed by atoms with Crippen LogP contribution in [0.2, 0.25) is 0 Å². The van der Waals surface area contributed by atoms with Crippen molar-refractivity contribution in [2.75, 3.05) is 18.1 Å². The van der Waals surface area contributed by atoms with Gasteiger partial charge in [-0.3, -0.25) is 14.5 Å². The number of amides is 4. The Hall–Kier alpha value is -3.63. The summed E-state index contributed by atoms with van der Waals surface area (Å²) in [5.74, 6) is -1.99. The van der Waals surface area contributed by atoms with Gasteiger partial charge < -0.3 is 26.6 Å². The zero-order valence-corrected chi connectivity index (χ0v) is 20.9. The highest BCUT2D eigenvalue weighted by atomic mass is 32.2. The van der Waals surface area contributed by atoms with E-state index in [9.17, 15) is 29.4 Å². The molecule has 1 aromatic heterocycles. The second-order valence-corrected chi connectivity index (χ2v) is 10.1. The Morgan fingerprint density at radius 2 is 2.03 bits per heavy atom. The SMILES string of the molecule is NC(=O)NCCCn1nnnc1SCC1=C(C(=O)O)N2C(=O)C(NC(=O)[C@H](O)c3ccccc3)[C@H]2SC1. The molecule has 4 rings (SSSR count). The van der Waals surface area contributed by atoms with Crippen molar-refractivity contribution in [1.29, 1.82) is 0 Å². The average molecular weight is 549 g/mol. The molecule has 2 aliphatic rings. The van der Waals surface area contributed by atoms with E-state index in [1.807, 2.05) is 0 Å². The first-order valence-corrected chi connectivity index (χ1v) is 13.2. The van der Waals surface area contributed by atoms with Gasteiger partial charge in [0.15, 0.2) is 6.10 Å².